The molecule has 2 saturated heterocycles. The van der Waals surface area contributed by atoms with E-state index in [2.05, 4.69) is 11.8 Å². The number of pyridine rings is 1. The van der Waals surface area contributed by atoms with Crippen LogP contribution >= 0.6 is 24.0 Å². The molecule has 32 heavy (non-hydrogen) atoms. The molecular formula is C24H28N4O2S2. The third-order valence-electron chi connectivity index (χ3n) is 6.87. The Labute approximate surface area is 197 Å². The van der Waals surface area contributed by atoms with E-state index in [1.54, 1.807) is 21.6 Å². The highest BCUT2D eigenvalue weighted by Crippen LogP contribution is 2.38. The first-order valence-corrected chi connectivity index (χ1v) is 12.8. The Bertz CT molecular complexity index is 1140. The summed E-state index contributed by atoms with van der Waals surface area (Å²) in [5.41, 5.74) is 0.956. The van der Waals surface area contributed by atoms with Crippen LogP contribution in [0.4, 0.5) is 5.82 Å². The number of thioether (sulfide) groups is 1. The van der Waals surface area contributed by atoms with Crippen molar-refractivity contribution in [3.63, 3.8) is 0 Å². The molecule has 3 fully saturated rings. The van der Waals surface area contributed by atoms with Crippen molar-refractivity contribution in [2.75, 3.05) is 18.0 Å². The molecule has 1 aliphatic carbocycles. The number of carbonyl (C=O) groups excluding carboxylic acids is 1. The molecule has 4 heterocycles. The number of carbonyl (C=O) groups is 1. The molecule has 0 unspecified atom stereocenters. The summed E-state index contributed by atoms with van der Waals surface area (Å²) in [6.07, 6.45) is 11.1. The van der Waals surface area contributed by atoms with E-state index >= 15 is 0 Å². The van der Waals surface area contributed by atoms with E-state index in [1.807, 2.05) is 18.2 Å². The van der Waals surface area contributed by atoms with Gasteiger partial charge < -0.3 is 4.90 Å². The van der Waals surface area contributed by atoms with Gasteiger partial charge in [-0.3, -0.25) is 18.9 Å². The highest BCUT2D eigenvalue weighted by atomic mass is 32.2. The molecule has 8 heteroatoms. The number of hydrogen-bond acceptors (Lipinski definition) is 6. The summed E-state index contributed by atoms with van der Waals surface area (Å²) in [7, 11) is 0. The monoisotopic (exact) mass is 468 g/mol. The van der Waals surface area contributed by atoms with Crippen LogP contribution in [0.25, 0.3) is 11.7 Å². The van der Waals surface area contributed by atoms with Crippen LogP contribution in [0.2, 0.25) is 0 Å². The zero-order chi connectivity index (χ0) is 22.2. The molecule has 2 aliphatic heterocycles. The molecular weight excluding hydrogens is 440 g/mol. The van der Waals surface area contributed by atoms with Crippen LogP contribution in [0.3, 0.4) is 0 Å². The Morgan fingerprint density at radius 2 is 1.84 bits per heavy atom. The van der Waals surface area contributed by atoms with Gasteiger partial charge in [0.2, 0.25) is 0 Å². The minimum atomic E-state index is -0.146. The number of rotatable bonds is 3. The predicted octanol–water partition coefficient (Wildman–Crippen LogP) is 4.46. The molecule has 5 rings (SSSR count). The number of thiocarbonyl (C=S) groups is 1. The first-order valence-electron chi connectivity index (χ1n) is 11.6. The van der Waals surface area contributed by atoms with E-state index in [0.29, 0.717) is 32.2 Å². The van der Waals surface area contributed by atoms with E-state index in [-0.39, 0.29) is 17.5 Å². The van der Waals surface area contributed by atoms with Crippen LogP contribution in [-0.4, -0.2) is 43.6 Å². The average molecular weight is 469 g/mol. The standard InChI is InChI=1S/C24H28N4O2S2/c1-16-10-13-26(14-11-16)21-18(22(29)27-12-6-5-9-20(27)25-21)15-19-23(30)28(24(31)32-19)17-7-3-2-4-8-17/h5-6,9,12,15-17H,2-4,7-8,10-11,13-14H2,1H3/b19-15+. The van der Waals surface area contributed by atoms with Gasteiger partial charge in [0, 0.05) is 25.3 Å². The lowest BCUT2D eigenvalue weighted by Gasteiger charge is -2.32. The van der Waals surface area contributed by atoms with Gasteiger partial charge in [-0.2, -0.15) is 0 Å². The lowest BCUT2D eigenvalue weighted by Crippen LogP contribution is -2.39. The number of nitrogens with zero attached hydrogens (tertiary/aromatic N) is 4. The van der Waals surface area contributed by atoms with Crippen LogP contribution in [0.1, 0.15) is 57.4 Å². The van der Waals surface area contributed by atoms with Crippen molar-refractivity contribution in [3.8, 4) is 0 Å². The van der Waals surface area contributed by atoms with Gasteiger partial charge in [0.15, 0.2) is 0 Å². The molecule has 3 aliphatic rings. The van der Waals surface area contributed by atoms with Gasteiger partial charge in [0.25, 0.3) is 11.5 Å². The molecule has 2 aromatic rings. The minimum absolute atomic E-state index is 0.0670. The lowest BCUT2D eigenvalue weighted by molar-refractivity contribution is -0.124. The number of fused-ring (bicyclic) bond motifs is 1. The summed E-state index contributed by atoms with van der Waals surface area (Å²) in [6.45, 7) is 3.98. The topological polar surface area (TPSA) is 57.9 Å². The normalized spacial score (nSPS) is 22.5. The number of amides is 1. The fourth-order valence-electron chi connectivity index (χ4n) is 4.94. The minimum Gasteiger partial charge on any atom is -0.356 e. The number of hydrogen-bond donors (Lipinski definition) is 0. The number of piperidine rings is 1. The van der Waals surface area contributed by atoms with Crippen molar-refractivity contribution in [2.45, 2.75) is 57.9 Å². The van der Waals surface area contributed by atoms with Gasteiger partial charge in [-0.05, 0) is 49.8 Å². The predicted molar refractivity (Wildman–Crippen MR) is 134 cm³/mol. The fraction of sp³-hybridized carbons (Fsp3) is 0.500. The number of aromatic nitrogens is 2. The summed E-state index contributed by atoms with van der Waals surface area (Å²) < 4.78 is 2.17. The largest absolute Gasteiger partial charge is 0.356 e. The van der Waals surface area contributed by atoms with E-state index in [9.17, 15) is 9.59 Å². The van der Waals surface area contributed by atoms with Gasteiger partial charge in [0.1, 0.15) is 15.8 Å². The summed E-state index contributed by atoms with van der Waals surface area (Å²) in [5.74, 6) is 1.28. The van der Waals surface area contributed by atoms with Gasteiger partial charge in [-0.15, -0.1) is 0 Å². The third-order valence-corrected chi connectivity index (χ3v) is 8.20. The Kier molecular flexibility index (Phi) is 6.07. The Morgan fingerprint density at radius 3 is 2.59 bits per heavy atom. The summed E-state index contributed by atoms with van der Waals surface area (Å²) in [6, 6.07) is 5.74. The van der Waals surface area contributed by atoms with Crippen molar-refractivity contribution in [3.05, 3.63) is 45.2 Å². The molecule has 1 saturated carbocycles. The molecule has 1 amide bonds. The van der Waals surface area contributed by atoms with Crippen LogP contribution in [-0.2, 0) is 4.79 Å². The van der Waals surface area contributed by atoms with Crippen molar-refractivity contribution < 1.29 is 4.79 Å². The highest BCUT2D eigenvalue weighted by molar-refractivity contribution is 8.26. The molecule has 0 spiro atoms. The van der Waals surface area contributed by atoms with Crippen molar-refractivity contribution in [1.82, 2.24) is 14.3 Å². The van der Waals surface area contributed by atoms with E-state index in [0.717, 1.165) is 51.6 Å². The van der Waals surface area contributed by atoms with E-state index in [4.69, 9.17) is 17.2 Å². The van der Waals surface area contributed by atoms with Crippen LogP contribution in [0.5, 0.6) is 0 Å². The average Bonchev–Trinajstić information content (AvgIpc) is 3.09. The lowest BCUT2D eigenvalue weighted by atomic mass is 9.94. The first kappa shape index (κ1) is 21.6. The second-order valence-electron chi connectivity index (χ2n) is 9.10. The molecule has 0 atom stereocenters. The second-order valence-corrected chi connectivity index (χ2v) is 10.8. The Morgan fingerprint density at radius 1 is 1.09 bits per heavy atom. The number of anilines is 1. The molecule has 168 valence electrons. The smallest absolute Gasteiger partial charge is 0.267 e. The van der Waals surface area contributed by atoms with Gasteiger partial charge in [0.05, 0.1) is 10.5 Å². The highest BCUT2D eigenvalue weighted by Gasteiger charge is 2.38. The summed E-state index contributed by atoms with van der Waals surface area (Å²) in [5, 5.41) is 0. The maximum absolute atomic E-state index is 13.5. The quantitative estimate of drug-likeness (QED) is 0.490. The van der Waals surface area contributed by atoms with Gasteiger partial charge >= 0.3 is 0 Å². The zero-order valence-electron chi connectivity index (χ0n) is 18.3. The van der Waals surface area contributed by atoms with E-state index < -0.39 is 0 Å². The second kappa shape index (κ2) is 8.98. The van der Waals surface area contributed by atoms with Crippen LogP contribution in [0.15, 0.2) is 34.1 Å². The summed E-state index contributed by atoms with van der Waals surface area (Å²) in [4.78, 5) is 36.2. The molecule has 0 N–H and O–H groups in total. The van der Waals surface area contributed by atoms with E-state index in [1.165, 1.54) is 18.2 Å². The third kappa shape index (κ3) is 3.99. The Balaban J connectivity index is 1.57. The molecule has 0 bridgehead atoms. The Hall–Kier alpha value is -2.19. The van der Waals surface area contributed by atoms with Crippen LogP contribution in [0, 0.1) is 5.92 Å². The maximum Gasteiger partial charge on any atom is 0.267 e. The molecule has 0 radical (unpaired) electrons. The van der Waals surface area contributed by atoms with Crippen LogP contribution < -0.4 is 10.5 Å². The summed E-state index contributed by atoms with van der Waals surface area (Å²) >= 11 is 6.90. The van der Waals surface area contributed by atoms with Crippen molar-refractivity contribution in [1.29, 1.82) is 0 Å². The molecule has 6 nitrogen and oxygen atoms in total. The fourth-order valence-corrected chi connectivity index (χ4v) is 6.33. The molecule has 2 aromatic heterocycles. The van der Waals surface area contributed by atoms with Crippen molar-refractivity contribution >= 4 is 51.7 Å². The SMILES string of the molecule is CC1CCN(c2nc3ccccn3c(=O)c2/C=C2/SC(=S)N(C3CCCCC3)C2=O)CC1. The van der Waals surface area contributed by atoms with Crippen molar-refractivity contribution in [2.24, 2.45) is 5.92 Å². The maximum atomic E-state index is 13.5. The first-order chi connectivity index (χ1) is 15.5. The van der Waals surface area contributed by atoms with Gasteiger partial charge in [-0.25, -0.2) is 4.98 Å². The van der Waals surface area contributed by atoms with Gasteiger partial charge in [-0.1, -0.05) is 56.2 Å². The molecule has 0 aromatic carbocycles. The zero-order valence-corrected chi connectivity index (χ0v) is 20.0.